The van der Waals surface area contributed by atoms with Crippen LogP contribution in [0.1, 0.15) is 28.8 Å². The highest BCUT2D eigenvalue weighted by atomic mass is 19.1. The van der Waals surface area contributed by atoms with E-state index >= 15 is 0 Å². The molecule has 4 N–H and O–H groups in total. The lowest BCUT2D eigenvalue weighted by Gasteiger charge is -2.23. The number of nitrogens with one attached hydrogen (secondary N) is 2. The van der Waals surface area contributed by atoms with Gasteiger partial charge in [0.2, 0.25) is 5.91 Å². The molecule has 0 spiro atoms. The minimum Gasteiger partial charge on any atom is -0.354 e. The third-order valence-corrected chi connectivity index (χ3v) is 3.15. The SMILES string of the molecule is NCC#Cc1ccc(F)cc1C(=O)NC1CCC(=O)NC1. The quantitative estimate of drug-likeness (QED) is 0.677. The van der Waals surface area contributed by atoms with E-state index in [1.165, 1.54) is 12.1 Å². The molecule has 1 aliphatic heterocycles. The van der Waals surface area contributed by atoms with Crippen molar-refractivity contribution in [2.75, 3.05) is 13.1 Å². The Hall–Kier alpha value is -2.39. The lowest BCUT2D eigenvalue weighted by molar-refractivity contribution is -0.122. The van der Waals surface area contributed by atoms with Crippen molar-refractivity contribution in [2.24, 2.45) is 5.73 Å². The summed E-state index contributed by atoms with van der Waals surface area (Å²) >= 11 is 0. The number of benzene rings is 1. The van der Waals surface area contributed by atoms with Gasteiger partial charge in [0.1, 0.15) is 5.82 Å². The van der Waals surface area contributed by atoms with Gasteiger partial charge in [-0.25, -0.2) is 4.39 Å². The van der Waals surface area contributed by atoms with E-state index in [1.54, 1.807) is 0 Å². The average Bonchev–Trinajstić information content (AvgIpc) is 2.48. The maximum atomic E-state index is 13.3. The minimum atomic E-state index is -0.504. The molecule has 110 valence electrons. The molecule has 6 heteroatoms. The first-order valence-electron chi connectivity index (χ1n) is 6.66. The molecule has 1 aliphatic rings. The minimum absolute atomic E-state index is 0.0271. The van der Waals surface area contributed by atoms with E-state index in [2.05, 4.69) is 22.5 Å². The van der Waals surface area contributed by atoms with Crippen LogP contribution < -0.4 is 16.4 Å². The van der Waals surface area contributed by atoms with Crippen molar-refractivity contribution in [1.82, 2.24) is 10.6 Å². The molecule has 1 atom stereocenters. The molecule has 1 unspecified atom stereocenters. The molecule has 0 bridgehead atoms. The molecule has 21 heavy (non-hydrogen) atoms. The molecule has 2 amide bonds. The standard InChI is InChI=1S/C15H16FN3O2/c16-11-4-3-10(2-1-7-17)13(8-11)15(21)19-12-5-6-14(20)18-9-12/h3-4,8,12H,5-7,9,17H2,(H,18,20)(H,19,21). The number of halogens is 1. The van der Waals surface area contributed by atoms with Crippen molar-refractivity contribution in [3.8, 4) is 11.8 Å². The number of rotatable bonds is 2. The zero-order chi connectivity index (χ0) is 15.2. The summed E-state index contributed by atoms with van der Waals surface area (Å²) in [4.78, 5) is 23.3. The number of hydrogen-bond donors (Lipinski definition) is 3. The number of carbonyl (C=O) groups excluding carboxylic acids is 2. The number of carbonyl (C=O) groups is 2. The van der Waals surface area contributed by atoms with Crippen LogP contribution in [0.15, 0.2) is 18.2 Å². The smallest absolute Gasteiger partial charge is 0.252 e. The van der Waals surface area contributed by atoms with Crippen molar-refractivity contribution in [1.29, 1.82) is 0 Å². The first kappa shape index (κ1) is 15.0. The van der Waals surface area contributed by atoms with E-state index in [-0.39, 0.29) is 24.1 Å². The van der Waals surface area contributed by atoms with Crippen LogP contribution in [-0.2, 0) is 4.79 Å². The Morgan fingerprint density at radius 1 is 1.52 bits per heavy atom. The molecule has 1 aromatic rings. The highest BCUT2D eigenvalue weighted by Gasteiger charge is 2.21. The fraction of sp³-hybridized carbons (Fsp3) is 0.333. The highest BCUT2D eigenvalue weighted by Crippen LogP contribution is 2.12. The molecule has 1 heterocycles. The maximum absolute atomic E-state index is 13.3. The number of piperidine rings is 1. The number of hydrogen-bond acceptors (Lipinski definition) is 3. The molecule has 1 saturated heterocycles. The largest absolute Gasteiger partial charge is 0.354 e. The molecular weight excluding hydrogens is 273 g/mol. The molecule has 1 fully saturated rings. The summed E-state index contributed by atoms with van der Waals surface area (Å²) in [7, 11) is 0. The number of amides is 2. The Morgan fingerprint density at radius 2 is 2.33 bits per heavy atom. The third kappa shape index (κ3) is 4.04. The predicted octanol–water partition coefficient (Wildman–Crippen LogP) is 0.144. The molecule has 0 saturated carbocycles. The average molecular weight is 289 g/mol. The van der Waals surface area contributed by atoms with Crippen molar-refractivity contribution >= 4 is 11.8 Å². The fourth-order valence-electron chi connectivity index (χ4n) is 2.08. The van der Waals surface area contributed by atoms with Crippen LogP contribution in [0.5, 0.6) is 0 Å². The van der Waals surface area contributed by atoms with Crippen LogP contribution in [0, 0.1) is 17.7 Å². The van der Waals surface area contributed by atoms with Gasteiger partial charge >= 0.3 is 0 Å². The van der Waals surface area contributed by atoms with Gasteiger partial charge < -0.3 is 16.4 Å². The van der Waals surface area contributed by atoms with E-state index < -0.39 is 11.7 Å². The van der Waals surface area contributed by atoms with Crippen LogP contribution in [0.2, 0.25) is 0 Å². The summed E-state index contributed by atoms with van der Waals surface area (Å²) in [5.41, 5.74) is 5.91. The molecule has 1 aromatic carbocycles. The Labute approximate surface area is 122 Å². The Bertz CT molecular complexity index is 609. The van der Waals surface area contributed by atoms with Crippen LogP contribution >= 0.6 is 0 Å². The van der Waals surface area contributed by atoms with Crippen LogP contribution in [0.25, 0.3) is 0 Å². The second-order valence-corrected chi connectivity index (χ2v) is 4.71. The molecule has 5 nitrogen and oxygen atoms in total. The van der Waals surface area contributed by atoms with Gasteiger partial charge in [0.05, 0.1) is 12.1 Å². The van der Waals surface area contributed by atoms with E-state index in [1.807, 2.05) is 0 Å². The summed E-state index contributed by atoms with van der Waals surface area (Å²) in [6.07, 6.45) is 0.935. The van der Waals surface area contributed by atoms with Gasteiger partial charge in [-0.1, -0.05) is 11.8 Å². The van der Waals surface area contributed by atoms with E-state index in [0.29, 0.717) is 24.9 Å². The van der Waals surface area contributed by atoms with Gasteiger partial charge in [-0.3, -0.25) is 9.59 Å². The zero-order valence-electron chi connectivity index (χ0n) is 11.4. The maximum Gasteiger partial charge on any atom is 0.252 e. The normalized spacial score (nSPS) is 17.4. The van der Waals surface area contributed by atoms with Crippen molar-refractivity contribution in [3.63, 3.8) is 0 Å². The van der Waals surface area contributed by atoms with Gasteiger partial charge in [-0.2, -0.15) is 0 Å². The van der Waals surface area contributed by atoms with Gasteiger partial charge in [-0.05, 0) is 24.6 Å². The van der Waals surface area contributed by atoms with Crippen LogP contribution in [0.3, 0.4) is 0 Å². The van der Waals surface area contributed by atoms with Crippen molar-refractivity contribution in [3.05, 3.63) is 35.1 Å². The molecule has 0 aliphatic carbocycles. The Kier molecular flexibility index (Phi) is 4.90. The first-order valence-corrected chi connectivity index (χ1v) is 6.66. The molecule has 0 radical (unpaired) electrons. The highest BCUT2D eigenvalue weighted by molar-refractivity contribution is 5.97. The molecular formula is C15H16FN3O2. The lowest BCUT2D eigenvalue weighted by Crippen LogP contribution is -2.47. The zero-order valence-corrected chi connectivity index (χ0v) is 11.4. The molecule has 2 rings (SSSR count). The van der Waals surface area contributed by atoms with Gasteiger partial charge in [0.25, 0.3) is 5.91 Å². The summed E-state index contributed by atoms with van der Waals surface area (Å²) in [5, 5.41) is 5.46. The van der Waals surface area contributed by atoms with E-state index in [0.717, 1.165) is 6.07 Å². The van der Waals surface area contributed by atoms with E-state index in [9.17, 15) is 14.0 Å². The Balaban J connectivity index is 2.14. The second kappa shape index (κ2) is 6.86. The Morgan fingerprint density at radius 3 is 3.00 bits per heavy atom. The van der Waals surface area contributed by atoms with Gasteiger partial charge in [0.15, 0.2) is 0 Å². The monoisotopic (exact) mass is 289 g/mol. The lowest BCUT2D eigenvalue weighted by atomic mass is 10.0. The third-order valence-electron chi connectivity index (χ3n) is 3.15. The fourth-order valence-corrected chi connectivity index (χ4v) is 2.08. The summed E-state index contributed by atoms with van der Waals surface area (Å²) in [5.74, 6) is 4.46. The second-order valence-electron chi connectivity index (χ2n) is 4.71. The van der Waals surface area contributed by atoms with Crippen molar-refractivity contribution < 1.29 is 14.0 Å². The van der Waals surface area contributed by atoms with E-state index in [4.69, 9.17) is 5.73 Å². The first-order chi connectivity index (χ1) is 10.1. The molecule has 0 aromatic heterocycles. The summed E-state index contributed by atoms with van der Waals surface area (Å²) < 4.78 is 13.3. The summed E-state index contributed by atoms with van der Waals surface area (Å²) in [6, 6.07) is 3.69. The van der Waals surface area contributed by atoms with Gasteiger partial charge in [-0.15, -0.1) is 0 Å². The van der Waals surface area contributed by atoms with Crippen molar-refractivity contribution in [2.45, 2.75) is 18.9 Å². The predicted molar refractivity (Wildman–Crippen MR) is 75.8 cm³/mol. The number of nitrogens with two attached hydrogens (primary N) is 1. The van der Waals surface area contributed by atoms with Gasteiger partial charge in [0, 0.05) is 24.6 Å². The topological polar surface area (TPSA) is 84.2 Å². The van der Waals surface area contributed by atoms with Crippen LogP contribution in [-0.4, -0.2) is 30.9 Å². The van der Waals surface area contributed by atoms with Crippen LogP contribution in [0.4, 0.5) is 4.39 Å². The summed E-state index contributed by atoms with van der Waals surface area (Å²) in [6.45, 7) is 0.538.